The molecule has 0 N–H and O–H groups in total. The Kier molecular flexibility index (Phi) is 3.35. The van der Waals surface area contributed by atoms with Gasteiger partial charge in [-0.15, -0.1) is 0 Å². The number of para-hydroxylation sites is 3. The van der Waals surface area contributed by atoms with Crippen molar-refractivity contribution < 1.29 is 4.74 Å². The zero-order chi connectivity index (χ0) is 15.8. The van der Waals surface area contributed by atoms with Crippen molar-refractivity contribution in [2.45, 2.75) is 6.92 Å². The number of hydrogen-bond acceptors (Lipinski definition) is 4. The van der Waals surface area contributed by atoms with Crippen LogP contribution in [-0.4, -0.2) is 16.0 Å². The molecule has 0 saturated heterocycles. The van der Waals surface area contributed by atoms with Gasteiger partial charge in [-0.1, -0.05) is 41.7 Å². The number of aromatic nitrogens is 2. The Bertz CT molecular complexity index is 1110. The summed E-state index contributed by atoms with van der Waals surface area (Å²) in [6.45, 7) is 2.54. The number of ether oxygens (including phenoxy) is 1. The van der Waals surface area contributed by atoms with Gasteiger partial charge in [-0.05, 0) is 31.2 Å². The van der Waals surface area contributed by atoms with E-state index >= 15 is 0 Å². The van der Waals surface area contributed by atoms with Crippen LogP contribution >= 0.6 is 11.3 Å². The lowest BCUT2D eigenvalue weighted by Crippen LogP contribution is -2.22. The molecule has 2 aromatic heterocycles. The third-order valence-corrected chi connectivity index (χ3v) is 4.62. The van der Waals surface area contributed by atoms with Crippen molar-refractivity contribution in [3.05, 3.63) is 69.0 Å². The van der Waals surface area contributed by atoms with Gasteiger partial charge in [0.15, 0.2) is 4.96 Å². The van der Waals surface area contributed by atoms with Crippen molar-refractivity contribution in [1.29, 1.82) is 0 Å². The maximum Gasteiger partial charge on any atom is 0.274 e. The van der Waals surface area contributed by atoms with Gasteiger partial charge in [0.05, 0.1) is 22.2 Å². The molecule has 0 unspecified atom stereocenters. The zero-order valence-electron chi connectivity index (χ0n) is 12.5. The molecular weight excluding hydrogens is 308 g/mol. The van der Waals surface area contributed by atoms with Crippen LogP contribution < -0.4 is 14.8 Å². The first-order valence-electron chi connectivity index (χ1n) is 7.41. The van der Waals surface area contributed by atoms with E-state index in [-0.39, 0.29) is 5.56 Å². The van der Waals surface area contributed by atoms with Crippen LogP contribution in [0.25, 0.3) is 22.1 Å². The largest absolute Gasteiger partial charge is 0.493 e. The monoisotopic (exact) mass is 322 g/mol. The van der Waals surface area contributed by atoms with Gasteiger partial charge in [-0.2, -0.15) is 0 Å². The van der Waals surface area contributed by atoms with Crippen LogP contribution in [0.3, 0.4) is 0 Å². The Balaban J connectivity index is 1.96. The van der Waals surface area contributed by atoms with Gasteiger partial charge in [0.2, 0.25) is 0 Å². The van der Waals surface area contributed by atoms with Gasteiger partial charge in [0.1, 0.15) is 5.75 Å². The summed E-state index contributed by atoms with van der Waals surface area (Å²) in [5.41, 5.74) is 2.56. The molecule has 0 aliphatic carbocycles. The second kappa shape index (κ2) is 5.52. The molecule has 0 aliphatic heterocycles. The Morgan fingerprint density at radius 1 is 1.17 bits per heavy atom. The summed E-state index contributed by atoms with van der Waals surface area (Å²) >= 11 is 1.40. The average Bonchev–Trinajstić information content (AvgIpc) is 3.07. The number of benzene rings is 2. The minimum Gasteiger partial charge on any atom is -0.493 e. The Morgan fingerprint density at radius 3 is 2.83 bits per heavy atom. The summed E-state index contributed by atoms with van der Waals surface area (Å²) in [5.74, 6) is 0.783. The van der Waals surface area contributed by atoms with E-state index in [1.165, 1.54) is 11.3 Å². The molecule has 2 heterocycles. The topological polar surface area (TPSA) is 43.6 Å². The van der Waals surface area contributed by atoms with E-state index < -0.39 is 0 Å². The molecule has 0 atom stereocenters. The van der Waals surface area contributed by atoms with Gasteiger partial charge < -0.3 is 4.74 Å². The lowest BCUT2D eigenvalue weighted by Gasteiger charge is -2.05. The van der Waals surface area contributed by atoms with Crippen molar-refractivity contribution in [3.8, 4) is 5.75 Å². The van der Waals surface area contributed by atoms with Crippen LogP contribution in [0.15, 0.2) is 53.3 Å². The van der Waals surface area contributed by atoms with Crippen LogP contribution in [-0.2, 0) is 0 Å². The van der Waals surface area contributed by atoms with Gasteiger partial charge in [-0.25, -0.2) is 9.38 Å². The number of nitrogens with zero attached hydrogens (tertiary/aromatic N) is 2. The van der Waals surface area contributed by atoms with Crippen molar-refractivity contribution in [3.63, 3.8) is 0 Å². The van der Waals surface area contributed by atoms with Crippen LogP contribution in [0.1, 0.15) is 12.5 Å². The van der Waals surface area contributed by atoms with Crippen molar-refractivity contribution in [2.24, 2.45) is 0 Å². The highest BCUT2D eigenvalue weighted by atomic mass is 32.1. The molecule has 0 amide bonds. The molecule has 4 nitrogen and oxygen atoms in total. The highest BCUT2D eigenvalue weighted by Gasteiger charge is 2.11. The minimum absolute atomic E-state index is 0.0370. The molecule has 0 bridgehead atoms. The fraction of sp³-hybridized carbons (Fsp3) is 0.111. The van der Waals surface area contributed by atoms with Gasteiger partial charge in [0, 0.05) is 5.56 Å². The summed E-state index contributed by atoms with van der Waals surface area (Å²) in [5, 5.41) is 0. The normalized spacial score (nSPS) is 12.3. The fourth-order valence-corrected chi connectivity index (χ4v) is 3.62. The lowest BCUT2D eigenvalue weighted by atomic mass is 10.2. The van der Waals surface area contributed by atoms with Crippen LogP contribution in [0, 0.1) is 0 Å². The summed E-state index contributed by atoms with van der Waals surface area (Å²) in [7, 11) is 0. The third kappa shape index (κ3) is 2.29. The van der Waals surface area contributed by atoms with Crippen molar-refractivity contribution in [2.75, 3.05) is 6.61 Å². The average molecular weight is 322 g/mol. The Labute approximate surface area is 136 Å². The number of thiazole rings is 1. The maximum atomic E-state index is 12.7. The first-order valence-corrected chi connectivity index (χ1v) is 8.23. The summed E-state index contributed by atoms with van der Waals surface area (Å²) in [6.07, 6.45) is 1.88. The molecule has 114 valence electrons. The zero-order valence-corrected chi connectivity index (χ0v) is 13.3. The number of hydrogen-bond donors (Lipinski definition) is 0. The predicted molar refractivity (Wildman–Crippen MR) is 93.2 cm³/mol. The second-order valence-corrected chi connectivity index (χ2v) is 6.11. The number of fused-ring (bicyclic) bond motifs is 3. The quantitative estimate of drug-likeness (QED) is 0.582. The molecule has 4 rings (SSSR count). The van der Waals surface area contributed by atoms with Gasteiger partial charge in [-0.3, -0.25) is 4.79 Å². The molecule has 0 saturated carbocycles. The first-order chi connectivity index (χ1) is 11.3. The summed E-state index contributed by atoms with van der Waals surface area (Å²) in [6, 6.07) is 15.4. The smallest absolute Gasteiger partial charge is 0.274 e. The van der Waals surface area contributed by atoms with Crippen LogP contribution in [0.4, 0.5) is 0 Å². The summed E-state index contributed by atoms with van der Waals surface area (Å²) in [4.78, 5) is 18.0. The molecular formula is C18H14N2O2S. The summed E-state index contributed by atoms with van der Waals surface area (Å²) < 4.78 is 7.96. The van der Waals surface area contributed by atoms with E-state index in [0.29, 0.717) is 11.1 Å². The molecule has 0 radical (unpaired) electrons. The SMILES string of the molecule is CCOc1ccccc1C=c1sc2nc3ccccc3n2c1=O. The Hall–Kier alpha value is -2.66. The highest BCUT2D eigenvalue weighted by Crippen LogP contribution is 2.19. The van der Waals surface area contributed by atoms with E-state index in [0.717, 1.165) is 27.3 Å². The Morgan fingerprint density at radius 2 is 1.96 bits per heavy atom. The van der Waals surface area contributed by atoms with Crippen LogP contribution in [0.5, 0.6) is 5.75 Å². The third-order valence-electron chi connectivity index (χ3n) is 3.65. The van der Waals surface area contributed by atoms with Crippen LogP contribution in [0.2, 0.25) is 0 Å². The van der Waals surface area contributed by atoms with Gasteiger partial charge >= 0.3 is 0 Å². The van der Waals surface area contributed by atoms with E-state index in [9.17, 15) is 4.79 Å². The fourth-order valence-electron chi connectivity index (χ4n) is 2.64. The lowest BCUT2D eigenvalue weighted by molar-refractivity contribution is 0.339. The van der Waals surface area contributed by atoms with Crippen molar-refractivity contribution >= 4 is 33.4 Å². The molecule has 23 heavy (non-hydrogen) atoms. The predicted octanol–water partition coefficient (Wildman–Crippen LogP) is 2.86. The van der Waals surface area contributed by atoms with Crippen molar-refractivity contribution in [1.82, 2.24) is 9.38 Å². The highest BCUT2D eigenvalue weighted by molar-refractivity contribution is 7.15. The number of rotatable bonds is 3. The van der Waals surface area contributed by atoms with E-state index in [1.54, 1.807) is 4.40 Å². The molecule has 2 aromatic carbocycles. The molecule has 0 fully saturated rings. The van der Waals surface area contributed by atoms with Gasteiger partial charge in [0.25, 0.3) is 5.56 Å². The van der Waals surface area contributed by atoms with E-state index in [4.69, 9.17) is 4.74 Å². The molecule has 0 spiro atoms. The standard InChI is InChI=1S/C18H14N2O2S/c1-2-22-15-10-6-3-7-12(15)11-16-17(21)20-14-9-5-4-8-13(14)19-18(20)23-16/h3-11H,2H2,1H3. The minimum atomic E-state index is -0.0370. The van der Waals surface area contributed by atoms with E-state index in [2.05, 4.69) is 4.98 Å². The van der Waals surface area contributed by atoms with E-state index in [1.807, 2.05) is 61.5 Å². The maximum absolute atomic E-state index is 12.7. The molecule has 4 aromatic rings. The molecule has 5 heteroatoms. The molecule has 0 aliphatic rings. The number of imidazole rings is 1. The second-order valence-electron chi connectivity index (χ2n) is 5.11. The first kappa shape index (κ1) is 14.0.